The van der Waals surface area contributed by atoms with Gasteiger partial charge in [-0.3, -0.25) is 0 Å². The van der Waals surface area contributed by atoms with Crippen molar-refractivity contribution in [3.63, 3.8) is 0 Å². The molecule has 0 aromatic heterocycles. The normalized spacial score (nSPS) is 21.4. The van der Waals surface area contributed by atoms with Crippen LogP contribution in [-0.4, -0.2) is 0 Å². The average Bonchev–Trinajstić information content (AvgIpc) is 2.75. The Bertz CT molecular complexity index is 331. The van der Waals surface area contributed by atoms with Crippen molar-refractivity contribution in [1.29, 1.82) is 0 Å². The fourth-order valence-corrected chi connectivity index (χ4v) is 3.36. The van der Waals surface area contributed by atoms with E-state index in [1.54, 1.807) is 15.7 Å². The molecule has 0 N–H and O–H groups in total. The summed E-state index contributed by atoms with van der Waals surface area (Å²) in [5.41, 5.74) is 4.62. The fraction of sp³-hybridized carbons (Fsp3) is 0.462. The molecule has 0 aromatic rings. The van der Waals surface area contributed by atoms with Crippen LogP contribution in [0.25, 0.3) is 0 Å². The highest BCUT2D eigenvalue weighted by Gasteiger charge is 2.31. The molecule has 1 heterocycles. The van der Waals surface area contributed by atoms with E-state index in [2.05, 4.69) is 32.9 Å². The molecule has 0 bridgehead atoms. The topological polar surface area (TPSA) is 0 Å². The van der Waals surface area contributed by atoms with Gasteiger partial charge in [0.05, 0.1) is 5.25 Å². The van der Waals surface area contributed by atoms with Crippen LogP contribution in [0.3, 0.4) is 0 Å². The van der Waals surface area contributed by atoms with Gasteiger partial charge in [0.1, 0.15) is 0 Å². The molecule has 75 valence electrons. The third-order valence-electron chi connectivity index (χ3n) is 2.89. The van der Waals surface area contributed by atoms with Gasteiger partial charge in [-0.25, -0.2) is 0 Å². The van der Waals surface area contributed by atoms with Crippen molar-refractivity contribution < 1.29 is 0 Å². The zero-order valence-corrected chi connectivity index (χ0v) is 10.0. The molecule has 0 saturated carbocycles. The van der Waals surface area contributed by atoms with Gasteiger partial charge in [-0.15, -0.1) is 11.8 Å². The van der Waals surface area contributed by atoms with Gasteiger partial charge in [0.15, 0.2) is 0 Å². The van der Waals surface area contributed by atoms with Crippen LogP contribution in [0.5, 0.6) is 0 Å². The molecule has 0 atom stereocenters. The number of rotatable bonds is 3. The van der Waals surface area contributed by atoms with Gasteiger partial charge >= 0.3 is 0 Å². The van der Waals surface area contributed by atoms with Crippen LogP contribution in [0.4, 0.5) is 0 Å². The molecule has 1 aliphatic heterocycles. The van der Waals surface area contributed by atoms with E-state index in [1.807, 2.05) is 11.8 Å². The molecule has 0 spiro atoms. The molecule has 0 unspecified atom stereocenters. The second-order valence-electron chi connectivity index (χ2n) is 3.66. The predicted molar refractivity (Wildman–Crippen MR) is 64.9 cm³/mol. The lowest BCUT2D eigenvalue weighted by atomic mass is 9.97. The maximum absolute atomic E-state index is 2.31. The highest BCUT2D eigenvalue weighted by atomic mass is 32.2. The number of fused-ring (bicyclic) bond motifs is 1. The molecular weight excluding hydrogens is 188 g/mol. The number of thioether (sulfide) groups is 1. The van der Waals surface area contributed by atoms with Crippen molar-refractivity contribution in [2.45, 2.75) is 40.0 Å². The summed E-state index contributed by atoms with van der Waals surface area (Å²) >= 11 is 2.01. The summed E-state index contributed by atoms with van der Waals surface area (Å²) in [6.45, 7) is 6.76. The van der Waals surface area contributed by atoms with Gasteiger partial charge in [-0.1, -0.05) is 32.9 Å². The lowest BCUT2D eigenvalue weighted by Crippen LogP contribution is -1.90. The lowest BCUT2D eigenvalue weighted by Gasteiger charge is -2.06. The van der Waals surface area contributed by atoms with Crippen molar-refractivity contribution in [3.05, 3.63) is 39.0 Å². The first kappa shape index (κ1) is 10.1. The molecular formula is C13H17S. The number of allylic oxidation sites excluding steroid dienone is 5. The molecule has 2 aliphatic rings. The van der Waals surface area contributed by atoms with Crippen molar-refractivity contribution in [2.75, 3.05) is 0 Å². The standard InChI is InChI=1S/C13H17S/c1-4-9-7-8-10-11(5-2)14-12(6-3)13(9)10/h7-8H,4-6H2,1-3H3. The van der Waals surface area contributed by atoms with E-state index >= 15 is 0 Å². The molecule has 2 rings (SSSR count). The molecule has 1 heteroatoms. The van der Waals surface area contributed by atoms with E-state index in [9.17, 15) is 0 Å². The SMILES string of the molecule is CC[C]1SC(CC)=C2C(CC)=CC=C12. The third kappa shape index (κ3) is 1.38. The summed E-state index contributed by atoms with van der Waals surface area (Å²) in [5, 5.41) is 1.57. The summed E-state index contributed by atoms with van der Waals surface area (Å²) in [5.74, 6) is 0. The quantitative estimate of drug-likeness (QED) is 0.648. The van der Waals surface area contributed by atoms with E-state index < -0.39 is 0 Å². The Hall–Kier alpha value is -0.430. The maximum atomic E-state index is 2.31. The Morgan fingerprint density at radius 1 is 1.00 bits per heavy atom. The average molecular weight is 205 g/mol. The summed E-state index contributed by atoms with van der Waals surface area (Å²) in [7, 11) is 0. The Kier molecular flexibility index (Phi) is 2.87. The molecule has 14 heavy (non-hydrogen) atoms. The van der Waals surface area contributed by atoms with Crippen LogP contribution < -0.4 is 0 Å². The van der Waals surface area contributed by atoms with Crippen LogP contribution in [0.1, 0.15) is 40.0 Å². The first-order chi connectivity index (χ1) is 6.81. The lowest BCUT2D eigenvalue weighted by molar-refractivity contribution is 1.06. The smallest absolute Gasteiger partial charge is 0.0646 e. The molecule has 1 aliphatic carbocycles. The number of hydrogen-bond acceptors (Lipinski definition) is 1. The zero-order chi connectivity index (χ0) is 10.1. The molecule has 0 nitrogen and oxygen atoms in total. The van der Waals surface area contributed by atoms with Gasteiger partial charge in [0.25, 0.3) is 0 Å². The summed E-state index contributed by atoms with van der Waals surface area (Å²) in [6.07, 6.45) is 8.13. The van der Waals surface area contributed by atoms with Crippen LogP contribution in [0.15, 0.2) is 33.8 Å². The Labute approximate surface area is 91.2 Å². The highest BCUT2D eigenvalue weighted by molar-refractivity contribution is 8.06. The molecule has 0 aromatic carbocycles. The Morgan fingerprint density at radius 2 is 1.79 bits per heavy atom. The van der Waals surface area contributed by atoms with Crippen LogP contribution in [0, 0.1) is 5.25 Å². The largest absolute Gasteiger partial charge is 0.116 e. The second kappa shape index (κ2) is 3.98. The minimum atomic E-state index is 1.16. The summed E-state index contributed by atoms with van der Waals surface area (Å²) in [4.78, 5) is 1.58. The number of hydrogen-bond donors (Lipinski definition) is 0. The third-order valence-corrected chi connectivity index (χ3v) is 4.38. The van der Waals surface area contributed by atoms with E-state index in [0.29, 0.717) is 0 Å². The van der Waals surface area contributed by atoms with Crippen LogP contribution in [-0.2, 0) is 0 Å². The van der Waals surface area contributed by atoms with Crippen LogP contribution >= 0.6 is 11.8 Å². The van der Waals surface area contributed by atoms with Gasteiger partial charge < -0.3 is 0 Å². The molecule has 1 radical (unpaired) electrons. The molecule has 0 fully saturated rings. The van der Waals surface area contributed by atoms with Crippen molar-refractivity contribution in [1.82, 2.24) is 0 Å². The maximum Gasteiger partial charge on any atom is 0.0646 e. The van der Waals surface area contributed by atoms with E-state index in [4.69, 9.17) is 0 Å². The Balaban J connectivity index is 2.35. The minimum Gasteiger partial charge on any atom is -0.116 e. The molecule has 0 saturated heterocycles. The van der Waals surface area contributed by atoms with Gasteiger partial charge in [-0.05, 0) is 40.9 Å². The highest BCUT2D eigenvalue weighted by Crippen LogP contribution is 2.54. The molecule has 0 amide bonds. The van der Waals surface area contributed by atoms with E-state index in [-0.39, 0.29) is 0 Å². The van der Waals surface area contributed by atoms with Crippen molar-refractivity contribution >= 4 is 11.8 Å². The van der Waals surface area contributed by atoms with Gasteiger partial charge in [0.2, 0.25) is 0 Å². The Morgan fingerprint density at radius 3 is 2.36 bits per heavy atom. The van der Waals surface area contributed by atoms with Gasteiger partial charge in [0, 0.05) is 0 Å². The monoisotopic (exact) mass is 205 g/mol. The summed E-state index contributed by atoms with van der Waals surface area (Å²) < 4.78 is 0. The first-order valence-corrected chi connectivity index (χ1v) is 6.32. The van der Waals surface area contributed by atoms with E-state index in [1.165, 1.54) is 24.0 Å². The van der Waals surface area contributed by atoms with Crippen molar-refractivity contribution in [2.24, 2.45) is 0 Å². The minimum absolute atomic E-state index is 1.16. The first-order valence-electron chi connectivity index (χ1n) is 5.50. The van der Waals surface area contributed by atoms with Gasteiger partial charge in [-0.2, -0.15) is 0 Å². The zero-order valence-electron chi connectivity index (χ0n) is 9.18. The van der Waals surface area contributed by atoms with Crippen molar-refractivity contribution in [3.8, 4) is 0 Å². The second-order valence-corrected chi connectivity index (χ2v) is 4.85. The fourth-order valence-electron chi connectivity index (χ4n) is 2.15. The van der Waals surface area contributed by atoms with Crippen LogP contribution in [0.2, 0.25) is 0 Å². The van der Waals surface area contributed by atoms with E-state index in [0.717, 1.165) is 6.42 Å². The summed E-state index contributed by atoms with van der Waals surface area (Å²) in [6, 6.07) is 0. The predicted octanol–water partition coefficient (Wildman–Crippen LogP) is 4.62.